The van der Waals surface area contributed by atoms with Gasteiger partial charge in [-0.3, -0.25) is 4.79 Å². The van der Waals surface area contributed by atoms with Gasteiger partial charge in [-0.2, -0.15) is 10.1 Å². The monoisotopic (exact) mass is 287 g/mol. The highest BCUT2D eigenvalue weighted by atomic mass is 16.1. The molecule has 1 heterocycles. The molecule has 0 aliphatic rings. The van der Waals surface area contributed by atoms with E-state index < -0.39 is 0 Å². The minimum atomic E-state index is -0.0963. The number of hydrogen-bond acceptors (Lipinski definition) is 4. The summed E-state index contributed by atoms with van der Waals surface area (Å²) in [5.41, 5.74) is 1.05. The second kappa shape index (κ2) is 7.42. The number of aromatic nitrogens is 3. The van der Waals surface area contributed by atoms with E-state index in [1.54, 1.807) is 4.68 Å². The molecule has 0 bridgehead atoms. The third kappa shape index (κ3) is 4.05. The Morgan fingerprint density at radius 2 is 2.05 bits per heavy atom. The first-order chi connectivity index (χ1) is 10.2. The van der Waals surface area contributed by atoms with Crippen molar-refractivity contribution < 1.29 is 4.79 Å². The van der Waals surface area contributed by atoms with Crippen molar-refractivity contribution >= 4 is 11.9 Å². The first-order valence-electron chi connectivity index (χ1n) is 7.13. The molecule has 0 fully saturated rings. The molecule has 21 heavy (non-hydrogen) atoms. The van der Waals surface area contributed by atoms with Gasteiger partial charge in [-0.25, -0.2) is 4.68 Å². The Kier molecular flexibility index (Phi) is 5.31. The summed E-state index contributed by atoms with van der Waals surface area (Å²) in [6, 6.07) is 9.86. The molecule has 0 aliphatic heterocycles. The largest absolute Gasteiger partial charge is 0.354 e. The van der Waals surface area contributed by atoms with Crippen molar-refractivity contribution in [2.75, 3.05) is 18.4 Å². The van der Waals surface area contributed by atoms with E-state index in [1.807, 2.05) is 44.3 Å². The highest BCUT2D eigenvalue weighted by molar-refractivity contribution is 5.83. The lowest BCUT2D eigenvalue weighted by Crippen LogP contribution is -2.33. The Morgan fingerprint density at radius 1 is 1.29 bits per heavy atom. The van der Waals surface area contributed by atoms with Gasteiger partial charge in [0.2, 0.25) is 11.9 Å². The molecule has 0 saturated carbocycles. The summed E-state index contributed by atoms with van der Waals surface area (Å²) in [5.74, 6) is 0.656. The zero-order chi connectivity index (χ0) is 15.1. The highest BCUT2D eigenvalue weighted by Gasteiger charge is 2.17. The number of rotatable bonds is 7. The maximum absolute atomic E-state index is 12.2. The first-order valence-corrected chi connectivity index (χ1v) is 7.13. The van der Waals surface area contributed by atoms with Gasteiger partial charge in [0.15, 0.2) is 0 Å². The molecule has 2 aromatic rings. The maximum atomic E-state index is 12.2. The fraction of sp³-hybridized carbons (Fsp3) is 0.400. The third-order valence-corrected chi connectivity index (χ3v) is 3.35. The zero-order valence-corrected chi connectivity index (χ0v) is 12.4. The van der Waals surface area contributed by atoms with E-state index in [9.17, 15) is 4.79 Å². The number of aryl methyl sites for hydroxylation is 1. The fourth-order valence-electron chi connectivity index (χ4n) is 2.20. The summed E-state index contributed by atoms with van der Waals surface area (Å²) in [6.07, 6.45) is 2.27. The fourth-order valence-corrected chi connectivity index (χ4v) is 2.20. The Labute approximate surface area is 124 Å². The second-order valence-corrected chi connectivity index (χ2v) is 4.80. The third-order valence-electron chi connectivity index (χ3n) is 3.35. The predicted molar refractivity (Wildman–Crippen MR) is 82.0 cm³/mol. The van der Waals surface area contributed by atoms with Gasteiger partial charge in [0, 0.05) is 20.1 Å². The van der Waals surface area contributed by atoms with E-state index in [0.29, 0.717) is 19.0 Å². The molecule has 1 amide bonds. The van der Waals surface area contributed by atoms with Crippen LogP contribution in [0.5, 0.6) is 0 Å². The van der Waals surface area contributed by atoms with Crippen molar-refractivity contribution in [3.63, 3.8) is 0 Å². The van der Waals surface area contributed by atoms with E-state index in [1.165, 1.54) is 6.33 Å². The van der Waals surface area contributed by atoms with Crippen LogP contribution in [0.1, 0.15) is 24.8 Å². The summed E-state index contributed by atoms with van der Waals surface area (Å²) in [5, 5.41) is 10.0. The van der Waals surface area contributed by atoms with E-state index in [2.05, 4.69) is 20.7 Å². The van der Waals surface area contributed by atoms with E-state index in [4.69, 9.17) is 0 Å². The molecule has 0 spiro atoms. The predicted octanol–water partition coefficient (Wildman–Crippen LogP) is 1.54. The smallest absolute Gasteiger partial charge is 0.227 e. The lowest BCUT2D eigenvalue weighted by Gasteiger charge is -2.15. The number of anilines is 1. The lowest BCUT2D eigenvalue weighted by atomic mass is 9.96. The molecule has 1 atom stereocenters. The van der Waals surface area contributed by atoms with Crippen molar-refractivity contribution in [3.8, 4) is 0 Å². The molecule has 0 aliphatic carbocycles. The Balaban J connectivity index is 1.79. The summed E-state index contributed by atoms with van der Waals surface area (Å²) >= 11 is 0. The van der Waals surface area contributed by atoms with Crippen LogP contribution >= 0.6 is 0 Å². The average Bonchev–Trinajstić information content (AvgIpc) is 2.91. The van der Waals surface area contributed by atoms with Crippen LogP contribution < -0.4 is 10.6 Å². The van der Waals surface area contributed by atoms with Gasteiger partial charge < -0.3 is 10.6 Å². The molecule has 112 valence electrons. The molecule has 6 heteroatoms. The Hall–Kier alpha value is -2.37. The number of hydrogen-bond donors (Lipinski definition) is 2. The summed E-state index contributed by atoms with van der Waals surface area (Å²) in [7, 11) is 1.82. The van der Waals surface area contributed by atoms with Gasteiger partial charge in [-0.1, -0.05) is 37.3 Å². The van der Waals surface area contributed by atoms with Gasteiger partial charge in [0.05, 0.1) is 5.92 Å². The summed E-state index contributed by atoms with van der Waals surface area (Å²) in [6.45, 7) is 3.19. The van der Waals surface area contributed by atoms with Crippen molar-refractivity contribution in [2.45, 2.75) is 19.3 Å². The number of nitrogens with one attached hydrogen (secondary N) is 2. The molecule has 1 aromatic carbocycles. The minimum absolute atomic E-state index is 0.0588. The topological polar surface area (TPSA) is 71.8 Å². The summed E-state index contributed by atoms with van der Waals surface area (Å²) < 4.78 is 1.65. The molecule has 2 rings (SSSR count). The average molecular weight is 287 g/mol. The van der Waals surface area contributed by atoms with Crippen LogP contribution in [0.2, 0.25) is 0 Å². The zero-order valence-electron chi connectivity index (χ0n) is 12.4. The number of benzene rings is 1. The second-order valence-electron chi connectivity index (χ2n) is 4.80. The van der Waals surface area contributed by atoms with Crippen LogP contribution in [0.15, 0.2) is 36.7 Å². The van der Waals surface area contributed by atoms with Crippen molar-refractivity contribution in [3.05, 3.63) is 42.2 Å². The molecular weight excluding hydrogens is 266 g/mol. The Bertz CT molecular complexity index is 566. The van der Waals surface area contributed by atoms with Crippen LogP contribution in [0.25, 0.3) is 0 Å². The van der Waals surface area contributed by atoms with Gasteiger partial charge >= 0.3 is 0 Å². The molecule has 0 radical (unpaired) electrons. The van der Waals surface area contributed by atoms with Gasteiger partial charge in [-0.15, -0.1) is 0 Å². The molecule has 1 aromatic heterocycles. The van der Waals surface area contributed by atoms with Crippen molar-refractivity contribution in [1.29, 1.82) is 0 Å². The van der Waals surface area contributed by atoms with Crippen LogP contribution in [-0.2, 0) is 11.8 Å². The maximum Gasteiger partial charge on any atom is 0.227 e. The van der Waals surface area contributed by atoms with E-state index in [-0.39, 0.29) is 11.8 Å². The normalized spacial score (nSPS) is 11.9. The van der Waals surface area contributed by atoms with Crippen LogP contribution in [-0.4, -0.2) is 33.8 Å². The SMILES string of the molecule is CCC(C(=O)NCCNc1ncnn1C)c1ccccc1. The van der Waals surface area contributed by atoms with Crippen molar-refractivity contribution in [2.24, 2.45) is 7.05 Å². The number of amides is 1. The number of nitrogens with zero attached hydrogens (tertiary/aromatic N) is 3. The van der Waals surface area contributed by atoms with Crippen molar-refractivity contribution in [1.82, 2.24) is 20.1 Å². The molecule has 2 N–H and O–H groups in total. The molecule has 1 unspecified atom stereocenters. The molecule has 6 nitrogen and oxygen atoms in total. The number of carbonyl (C=O) groups excluding carboxylic acids is 1. The Morgan fingerprint density at radius 3 is 2.67 bits per heavy atom. The van der Waals surface area contributed by atoms with Crippen LogP contribution in [0.3, 0.4) is 0 Å². The summed E-state index contributed by atoms with van der Waals surface area (Å²) in [4.78, 5) is 16.3. The number of carbonyl (C=O) groups is 1. The quantitative estimate of drug-likeness (QED) is 0.758. The highest BCUT2D eigenvalue weighted by Crippen LogP contribution is 2.18. The van der Waals surface area contributed by atoms with E-state index in [0.717, 1.165) is 12.0 Å². The van der Waals surface area contributed by atoms with E-state index >= 15 is 0 Å². The van der Waals surface area contributed by atoms with Crippen LogP contribution in [0, 0.1) is 0 Å². The molecule has 0 saturated heterocycles. The minimum Gasteiger partial charge on any atom is -0.354 e. The standard InChI is InChI=1S/C15H21N5O/c1-3-13(12-7-5-4-6-8-12)14(21)16-9-10-17-15-18-11-19-20(15)2/h4-8,11,13H,3,9-10H2,1-2H3,(H,16,21)(H,17,18,19). The van der Waals surface area contributed by atoms with Gasteiger partial charge in [-0.05, 0) is 12.0 Å². The van der Waals surface area contributed by atoms with Crippen LogP contribution in [0.4, 0.5) is 5.95 Å². The van der Waals surface area contributed by atoms with Gasteiger partial charge in [0.25, 0.3) is 0 Å². The molecular formula is C15H21N5O. The first kappa shape index (κ1) is 15.0. The lowest BCUT2D eigenvalue weighted by molar-refractivity contribution is -0.122. The van der Waals surface area contributed by atoms with Gasteiger partial charge in [0.1, 0.15) is 6.33 Å².